The van der Waals surface area contributed by atoms with Crippen molar-refractivity contribution in [1.29, 1.82) is 0 Å². The zero-order valence-electron chi connectivity index (χ0n) is 12.7. The van der Waals surface area contributed by atoms with Gasteiger partial charge in [-0.25, -0.2) is 0 Å². The van der Waals surface area contributed by atoms with Crippen molar-refractivity contribution >= 4 is 17.5 Å². The molecule has 1 aromatic rings. The van der Waals surface area contributed by atoms with Crippen LogP contribution in [0.1, 0.15) is 31.4 Å². The number of anilines is 1. The summed E-state index contributed by atoms with van der Waals surface area (Å²) >= 11 is 0. The molecule has 0 radical (unpaired) electrons. The molecular weight excluding hydrogens is 244 g/mol. The molecular formula is C18H24N2. The van der Waals surface area contributed by atoms with Crippen molar-refractivity contribution in [1.82, 2.24) is 0 Å². The first kappa shape index (κ1) is 16.0. The van der Waals surface area contributed by atoms with Crippen molar-refractivity contribution in [2.24, 2.45) is 4.99 Å². The predicted octanol–water partition coefficient (Wildman–Crippen LogP) is 4.99. The minimum atomic E-state index is 0.875. The number of rotatable bonds is 7. The van der Waals surface area contributed by atoms with Crippen molar-refractivity contribution in [2.75, 3.05) is 11.9 Å². The fraction of sp³-hybridized carbons (Fsp3) is 0.278. The highest BCUT2D eigenvalue weighted by Gasteiger charge is 2.08. The van der Waals surface area contributed by atoms with Gasteiger partial charge in [0.15, 0.2) is 0 Å². The smallest absolute Gasteiger partial charge is 0.0423 e. The third kappa shape index (κ3) is 4.54. The lowest BCUT2D eigenvalue weighted by atomic mass is 9.98. The first-order chi connectivity index (χ1) is 9.60. The normalized spacial score (nSPS) is 11.7. The predicted molar refractivity (Wildman–Crippen MR) is 91.4 cm³/mol. The zero-order valence-corrected chi connectivity index (χ0v) is 12.7. The van der Waals surface area contributed by atoms with Gasteiger partial charge in [-0.3, -0.25) is 4.99 Å². The van der Waals surface area contributed by atoms with Gasteiger partial charge in [0, 0.05) is 35.8 Å². The first-order valence-electron chi connectivity index (χ1n) is 6.89. The molecule has 0 fully saturated rings. The van der Waals surface area contributed by atoms with Crippen LogP contribution in [0.15, 0.2) is 54.2 Å². The first-order valence-corrected chi connectivity index (χ1v) is 6.89. The number of nitrogens with one attached hydrogen (secondary N) is 1. The van der Waals surface area contributed by atoms with Crippen LogP contribution in [0, 0.1) is 6.92 Å². The summed E-state index contributed by atoms with van der Waals surface area (Å²) in [6, 6.07) is 6.39. The third-order valence-electron chi connectivity index (χ3n) is 2.94. The van der Waals surface area contributed by atoms with Crippen molar-refractivity contribution in [3.8, 4) is 0 Å². The fourth-order valence-electron chi connectivity index (χ4n) is 1.91. The molecule has 0 spiro atoms. The van der Waals surface area contributed by atoms with Crippen LogP contribution < -0.4 is 5.32 Å². The van der Waals surface area contributed by atoms with Gasteiger partial charge in [-0.2, -0.15) is 0 Å². The molecule has 1 rings (SSSR count). The van der Waals surface area contributed by atoms with Gasteiger partial charge in [0.25, 0.3) is 0 Å². The van der Waals surface area contributed by atoms with Crippen molar-refractivity contribution < 1.29 is 0 Å². The number of aryl methyl sites for hydroxylation is 1. The van der Waals surface area contributed by atoms with Gasteiger partial charge in [-0.1, -0.05) is 24.8 Å². The van der Waals surface area contributed by atoms with Crippen LogP contribution >= 0.6 is 0 Å². The van der Waals surface area contributed by atoms with E-state index in [9.17, 15) is 0 Å². The van der Waals surface area contributed by atoms with E-state index in [0.29, 0.717) is 0 Å². The van der Waals surface area contributed by atoms with Crippen LogP contribution in [-0.4, -0.2) is 12.8 Å². The van der Waals surface area contributed by atoms with Gasteiger partial charge in [-0.05, 0) is 44.4 Å². The van der Waals surface area contributed by atoms with Crippen molar-refractivity contribution in [2.45, 2.75) is 27.2 Å². The number of allylic oxidation sites excluding steroid dienone is 2. The Kier molecular flexibility index (Phi) is 6.51. The lowest BCUT2D eigenvalue weighted by Crippen LogP contribution is -2.04. The fourth-order valence-corrected chi connectivity index (χ4v) is 1.91. The summed E-state index contributed by atoms with van der Waals surface area (Å²) in [5.74, 6) is 0. The lowest BCUT2D eigenvalue weighted by molar-refractivity contribution is 1.07. The Bertz CT molecular complexity index is 536. The summed E-state index contributed by atoms with van der Waals surface area (Å²) in [5, 5.41) is 3.46. The van der Waals surface area contributed by atoms with Crippen LogP contribution in [0.3, 0.4) is 0 Å². The summed E-state index contributed by atoms with van der Waals surface area (Å²) in [5.41, 5.74) is 5.55. The van der Waals surface area contributed by atoms with Crippen LogP contribution in [0.5, 0.6) is 0 Å². The molecule has 0 saturated heterocycles. The Morgan fingerprint density at radius 3 is 2.75 bits per heavy atom. The molecule has 106 valence electrons. The van der Waals surface area contributed by atoms with Crippen LogP contribution in [0.4, 0.5) is 5.69 Å². The number of nitrogens with zero attached hydrogens (tertiary/aromatic N) is 1. The second-order valence-electron chi connectivity index (χ2n) is 4.78. The van der Waals surface area contributed by atoms with Gasteiger partial charge in [-0.15, -0.1) is 6.58 Å². The number of hydrogen-bond donors (Lipinski definition) is 1. The van der Waals surface area contributed by atoms with E-state index in [0.717, 1.165) is 35.4 Å². The molecule has 0 aliphatic rings. The topological polar surface area (TPSA) is 24.4 Å². The minimum absolute atomic E-state index is 0.875. The van der Waals surface area contributed by atoms with E-state index < -0.39 is 0 Å². The molecule has 0 unspecified atom stereocenters. The van der Waals surface area contributed by atoms with Crippen LogP contribution in [0.2, 0.25) is 0 Å². The van der Waals surface area contributed by atoms with E-state index in [-0.39, 0.29) is 0 Å². The average molecular weight is 268 g/mol. The Morgan fingerprint density at radius 2 is 2.15 bits per heavy atom. The maximum absolute atomic E-state index is 4.24. The highest BCUT2D eigenvalue weighted by atomic mass is 14.9. The molecule has 0 saturated carbocycles. The van der Waals surface area contributed by atoms with Gasteiger partial charge < -0.3 is 5.32 Å². The SMILES string of the molecule is C=CCCNc1cc(C)ccc1/C(=C/N=CC)C(=C)C. The van der Waals surface area contributed by atoms with Crippen LogP contribution in [0.25, 0.3) is 5.57 Å². The molecule has 0 heterocycles. The van der Waals surface area contributed by atoms with Gasteiger partial charge >= 0.3 is 0 Å². The van der Waals surface area contributed by atoms with E-state index in [1.807, 2.05) is 26.1 Å². The summed E-state index contributed by atoms with van der Waals surface area (Å²) in [6.07, 6.45) is 6.50. The summed E-state index contributed by atoms with van der Waals surface area (Å²) in [4.78, 5) is 4.24. The molecule has 0 aliphatic heterocycles. The van der Waals surface area contributed by atoms with Crippen LogP contribution in [-0.2, 0) is 0 Å². The number of hydrogen-bond acceptors (Lipinski definition) is 2. The Balaban J connectivity index is 3.19. The maximum Gasteiger partial charge on any atom is 0.0423 e. The molecule has 2 nitrogen and oxygen atoms in total. The molecule has 1 N–H and O–H groups in total. The number of aliphatic imine (C=N–C) groups is 1. The molecule has 0 amide bonds. The van der Waals surface area contributed by atoms with Gasteiger partial charge in [0.2, 0.25) is 0 Å². The van der Waals surface area contributed by atoms with E-state index in [4.69, 9.17) is 0 Å². The zero-order chi connectivity index (χ0) is 15.0. The van der Waals surface area contributed by atoms with Crippen molar-refractivity contribution in [3.63, 3.8) is 0 Å². The Morgan fingerprint density at radius 1 is 1.40 bits per heavy atom. The van der Waals surface area contributed by atoms with E-state index >= 15 is 0 Å². The standard InChI is InChI=1S/C18H24N2/c1-6-8-11-20-18-12-15(5)9-10-16(18)17(14(3)4)13-19-7-2/h6-7,9-10,12-13,20H,1,3,8,11H2,2,4-5H3/b17-13+,19-7?. The van der Waals surface area contributed by atoms with E-state index in [1.54, 1.807) is 6.21 Å². The van der Waals surface area contributed by atoms with Gasteiger partial charge in [0.1, 0.15) is 0 Å². The molecule has 0 aromatic heterocycles. The molecule has 20 heavy (non-hydrogen) atoms. The second kappa shape index (κ2) is 8.16. The Labute approximate surface area is 122 Å². The lowest BCUT2D eigenvalue weighted by Gasteiger charge is -2.15. The quantitative estimate of drug-likeness (QED) is 0.320. The summed E-state index contributed by atoms with van der Waals surface area (Å²) < 4.78 is 0. The van der Waals surface area contributed by atoms with Crippen molar-refractivity contribution in [3.05, 3.63) is 60.3 Å². The largest absolute Gasteiger partial charge is 0.384 e. The molecule has 1 aromatic carbocycles. The minimum Gasteiger partial charge on any atom is -0.384 e. The number of benzene rings is 1. The summed E-state index contributed by atoms with van der Waals surface area (Å²) in [7, 11) is 0. The molecule has 0 aliphatic carbocycles. The summed E-state index contributed by atoms with van der Waals surface area (Å²) in [6.45, 7) is 14.7. The maximum atomic E-state index is 4.24. The highest BCUT2D eigenvalue weighted by Crippen LogP contribution is 2.29. The average Bonchev–Trinajstić information content (AvgIpc) is 2.41. The van der Waals surface area contributed by atoms with Gasteiger partial charge in [0.05, 0.1) is 0 Å². The van der Waals surface area contributed by atoms with E-state index in [2.05, 4.69) is 48.6 Å². The third-order valence-corrected chi connectivity index (χ3v) is 2.94. The molecule has 2 heteroatoms. The monoisotopic (exact) mass is 268 g/mol. The highest BCUT2D eigenvalue weighted by molar-refractivity contribution is 5.85. The molecule has 0 bridgehead atoms. The Hall–Kier alpha value is -2.09. The second-order valence-corrected chi connectivity index (χ2v) is 4.78. The van der Waals surface area contributed by atoms with E-state index in [1.165, 1.54) is 5.56 Å². The molecule has 0 atom stereocenters.